The van der Waals surface area contributed by atoms with Gasteiger partial charge in [0, 0.05) is 26.6 Å². The summed E-state index contributed by atoms with van der Waals surface area (Å²) in [5.41, 5.74) is 0.248. The fraction of sp³-hybridized carbons (Fsp3) is 0.455. The molecular formula is C11H15ClN6O. The zero-order chi connectivity index (χ0) is 13.8. The minimum absolute atomic E-state index is 0.158. The van der Waals surface area contributed by atoms with Crippen LogP contribution in [-0.4, -0.2) is 31.1 Å². The lowest BCUT2D eigenvalue weighted by molar-refractivity contribution is 0.616. The number of nitrogens with one attached hydrogen (secondary N) is 1. The maximum absolute atomic E-state index is 11.8. The molecule has 19 heavy (non-hydrogen) atoms. The van der Waals surface area contributed by atoms with E-state index in [1.54, 1.807) is 17.2 Å². The summed E-state index contributed by atoms with van der Waals surface area (Å²) >= 11 is 5.99. The van der Waals surface area contributed by atoms with Crippen LogP contribution in [0.15, 0.2) is 17.3 Å². The Morgan fingerprint density at radius 2 is 2.26 bits per heavy atom. The van der Waals surface area contributed by atoms with Crippen molar-refractivity contribution in [3.8, 4) is 0 Å². The smallest absolute Gasteiger partial charge is 0.287 e. The van der Waals surface area contributed by atoms with Crippen LogP contribution >= 0.6 is 11.6 Å². The second kappa shape index (κ2) is 5.83. The molecule has 7 nitrogen and oxygen atoms in total. The predicted octanol–water partition coefficient (Wildman–Crippen LogP) is 0.700. The Balaban J connectivity index is 2.00. The van der Waals surface area contributed by atoms with E-state index in [2.05, 4.69) is 20.5 Å². The molecule has 1 N–H and O–H groups in total. The molecule has 0 aliphatic rings. The van der Waals surface area contributed by atoms with Crippen LogP contribution in [0.3, 0.4) is 0 Å². The topological polar surface area (TPSA) is 77.6 Å². The van der Waals surface area contributed by atoms with Gasteiger partial charge in [0.25, 0.3) is 5.56 Å². The van der Waals surface area contributed by atoms with Crippen LogP contribution < -0.4 is 10.9 Å². The standard InChI is InChI=1S/C11H15ClN6O/c1-3-18-11(19)10(12)8(6-15-18)13-5-4-9-14-7-17(2)16-9/h6-7,13H,3-5H2,1-2H3. The Bertz CT molecular complexity index is 620. The van der Waals surface area contributed by atoms with Crippen LogP contribution in [0, 0.1) is 0 Å². The normalized spacial score (nSPS) is 10.7. The molecule has 2 aromatic rings. The van der Waals surface area contributed by atoms with E-state index < -0.39 is 0 Å². The Morgan fingerprint density at radius 1 is 1.47 bits per heavy atom. The van der Waals surface area contributed by atoms with E-state index in [0.29, 0.717) is 25.2 Å². The molecule has 0 aliphatic carbocycles. The minimum Gasteiger partial charge on any atom is -0.382 e. The maximum Gasteiger partial charge on any atom is 0.287 e. The quantitative estimate of drug-likeness (QED) is 0.873. The summed E-state index contributed by atoms with van der Waals surface area (Å²) in [5.74, 6) is 0.737. The first-order valence-corrected chi connectivity index (χ1v) is 6.33. The summed E-state index contributed by atoms with van der Waals surface area (Å²) in [5, 5.41) is 11.4. The van der Waals surface area contributed by atoms with Crippen LogP contribution in [0.25, 0.3) is 0 Å². The fourth-order valence-electron chi connectivity index (χ4n) is 1.62. The first kappa shape index (κ1) is 13.5. The van der Waals surface area contributed by atoms with Crippen molar-refractivity contribution in [3.63, 3.8) is 0 Å². The summed E-state index contributed by atoms with van der Waals surface area (Å²) in [6, 6.07) is 0. The molecule has 2 aromatic heterocycles. The van der Waals surface area contributed by atoms with E-state index in [9.17, 15) is 4.79 Å². The largest absolute Gasteiger partial charge is 0.382 e. The molecule has 0 saturated carbocycles. The molecule has 0 unspecified atom stereocenters. The second-order valence-corrected chi connectivity index (χ2v) is 4.38. The van der Waals surface area contributed by atoms with Crippen LogP contribution in [0.4, 0.5) is 5.69 Å². The van der Waals surface area contributed by atoms with Gasteiger partial charge in [-0.2, -0.15) is 10.2 Å². The van der Waals surface area contributed by atoms with Crippen molar-refractivity contribution >= 4 is 17.3 Å². The van der Waals surface area contributed by atoms with Gasteiger partial charge in [0.2, 0.25) is 0 Å². The van der Waals surface area contributed by atoms with E-state index >= 15 is 0 Å². The molecule has 0 atom stereocenters. The third-order valence-corrected chi connectivity index (χ3v) is 2.96. The lowest BCUT2D eigenvalue weighted by atomic mass is 10.4. The zero-order valence-corrected chi connectivity index (χ0v) is 11.6. The molecule has 0 saturated heterocycles. The monoisotopic (exact) mass is 282 g/mol. The highest BCUT2D eigenvalue weighted by molar-refractivity contribution is 6.32. The molecule has 8 heteroatoms. The highest BCUT2D eigenvalue weighted by Crippen LogP contribution is 2.14. The summed E-state index contributed by atoms with van der Waals surface area (Å²) in [4.78, 5) is 15.9. The fourth-order valence-corrected chi connectivity index (χ4v) is 1.83. The van der Waals surface area contributed by atoms with E-state index in [4.69, 9.17) is 11.6 Å². The Morgan fingerprint density at radius 3 is 2.89 bits per heavy atom. The van der Waals surface area contributed by atoms with Crippen molar-refractivity contribution in [1.82, 2.24) is 24.5 Å². The maximum atomic E-state index is 11.8. The molecule has 0 aliphatic heterocycles. The number of aryl methyl sites for hydroxylation is 2. The van der Waals surface area contributed by atoms with Gasteiger partial charge >= 0.3 is 0 Å². The average Bonchev–Trinajstić information content (AvgIpc) is 2.81. The molecule has 0 bridgehead atoms. The molecule has 0 radical (unpaired) electrons. The zero-order valence-electron chi connectivity index (χ0n) is 10.8. The second-order valence-electron chi connectivity index (χ2n) is 4.00. The summed E-state index contributed by atoms with van der Waals surface area (Å²) in [7, 11) is 1.81. The Labute approximate surface area is 115 Å². The van der Waals surface area contributed by atoms with Gasteiger partial charge in [-0.1, -0.05) is 11.6 Å². The SMILES string of the molecule is CCn1ncc(NCCc2ncn(C)n2)c(Cl)c1=O. The molecular weight excluding hydrogens is 268 g/mol. The van der Waals surface area contributed by atoms with Crippen LogP contribution in [0.5, 0.6) is 0 Å². The number of aromatic nitrogens is 5. The number of nitrogens with zero attached hydrogens (tertiary/aromatic N) is 5. The first-order chi connectivity index (χ1) is 9.11. The van der Waals surface area contributed by atoms with Gasteiger partial charge in [0.1, 0.15) is 11.3 Å². The number of hydrogen-bond acceptors (Lipinski definition) is 5. The van der Waals surface area contributed by atoms with Crippen molar-refractivity contribution in [2.75, 3.05) is 11.9 Å². The van der Waals surface area contributed by atoms with Crippen LogP contribution in [0.1, 0.15) is 12.7 Å². The van der Waals surface area contributed by atoms with Crippen molar-refractivity contribution in [3.05, 3.63) is 33.7 Å². The van der Waals surface area contributed by atoms with Gasteiger partial charge in [-0.15, -0.1) is 0 Å². The minimum atomic E-state index is -0.287. The average molecular weight is 283 g/mol. The molecule has 0 spiro atoms. The lowest BCUT2D eigenvalue weighted by Crippen LogP contribution is -2.23. The third kappa shape index (κ3) is 3.11. The van der Waals surface area contributed by atoms with Crippen molar-refractivity contribution in [1.29, 1.82) is 0 Å². The Kier molecular flexibility index (Phi) is 4.16. The van der Waals surface area contributed by atoms with Crippen molar-refractivity contribution in [2.24, 2.45) is 7.05 Å². The van der Waals surface area contributed by atoms with Gasteiger partial charge in [0.15, 0.2) is 5.82 Å². The van der Waals surface area contributed by atoms with Gasteiger partial charge in [0.05, 0.1) is 11.9 Å². The molecule has 0 amide bonds. The first-order valence-electron chi connectivity index (χ1n) is 5.95. The Hall–Kier alpha value is -1.89. The summed E-state index contributed by atoms with van der Waals surface area (Å²) in [6.07, 6.45) is 3.85. The van der Waals surface area contributed by atoms with Gasteiger partial charge in [-0.05, 0) is 6.92 Å². The van der Waals surface area contributed by atoms with Crippen molar-refractivity contribution in [2.45, 2.75) is 19.9 Å². The highest BCUT2D eigenvalue weighted by atomic mass is 35.5. The van der Waals surface area contributed by atoms with Crippen molar-refractivity contribution < 1.29 is 0 Å². The van der Waals surface area contributed by atoms with Gasteiger partial charge < -0.3 is 5.32 Å². The molecule has 0 aromatic carbocycles. The number of rotatable bonds is 5. The lowest BCUT2D eigenvalue weighted by Gasteiger charge is -2.08. The number of anilines is 1. The number of hydrogen-bond donors (Lipinski definition) is 1. The molecule has 2 rings (SSSR count). The van der Waals surface area contributed by atoms with Crippen LogP contribution in [-0.2, 0) is 20.0 Å². The van der Waals surface area contributed by atoms with E-state index in [-0.39, 0.29) is 10.6 Å². The summed E-state index contributed by atoms with van der Waals surface area (Å²) in [6.45, 7) is 2.92. The highest BCUT2D eigenvalue weighted by Gasteiger charge is 2.08. The van der Waals surface area contributed by atoms with E-state index in [1.165, 1.54) is 4.68 Å². The molecule has 2 heterocycles. The van der Waals surface area contributed by atoms with Crippen LogP contribution in [0.2, 0.25) is 5.02 Å². The molecule has 102 valence electrons. The summed E-state index contributed by atoms with van der Waals surface area (Å²) < 4.78 is 2.96. The van der Waals surface area contributed by atoms with Gasteiger partial charge in [-0.3, -0.25) is 9.48 Å². The third-order valence-electron chi connectivity index (χ3n) is 2.60. The molecule has 0 fully saturated rings. The van der Waals surface area contributed by atoms with E-state index in [1.807, 2.05) is 14.0 Å². The number of halogens is 1. The predicted molar refractivity (Wildman–Crippen MR) is 72.4 cm³/mol. The van der Waals surface area contributed by atoms with E-state index in [0.717, 1.165) is 5.82 Å². The van der Waals surface area contributed by atoms with Gasteiger partial charge in [-0.25, -0.2) is 9.67 Å².